The van der Waals surface area contributed by atoms with Crippen molar-refractivity contribution in [1.82, 2.24) is 15.6 Å². The Morgan fingerprint density at radius 1 is 1.06 bits per heavy atom. The summed E-state index contributed by atoms with van der Waals surface area (Å²) in [6.45, 7) is 8.29. The molecule has 3 rings (SSSR count). The first-order valence-corrected chi connectivity index (χ1v) is 12.0. The maximum absolute atomic E-state index is 13.7. The van der Waals surface area contributed by atoms with Crippen molar-refractivity contribution in [3.05, 3.63) is 59.9 Å². The molecule has 2 amide bonds. The summed E-state index contributed by atoms with van der Waals surface area (Å²) in [5.41, 5.74) is 2.56. The average Bonchev–Trinajstić information content (AvgIpc) is 2.82. The van der Waals surface area contributed by atoms with Crippen LogP contribution < -0.4 is 15.5 Å². The molecule has 0 radical (unpaired) electrons. The summed E-state index contributed by atoms with van der Waals surface area (Å²) in [7, 11) is 1.75. The molecule has 33 heavy (non-hydrogen) atoms. The van der Waals surface area contributed by atoms with E-state index in [1.807, 2.05) is 43.3 Å². The lowest BCUT2D eigenvalue weighted by molar-refractivity contribution is -0.127. The summed E-state index contributed by atoms with van der Waals surface area (Å²) in [5.74, 6) is -0.319. The molecule has 1 aromatic carbocycles. The average molecular weight is 451 g/mol. The normalized spacial score (nSPS) is 16.6. The van der Waals surface area contributed by atoms with Gasteiger partial charge < -0.3 is 10.6 Å². The van der Waals surface area contributed by atoms with Crippen LogP contribution in [0.4, 0.5) is 5.69 Å². The van der Waals surface area contributed by atoms with Gasteiger partial charge in [-0.25, -0.2) is 0 Å². The van der Waals surface area contributed by atoms with Gasteiger partial charge in [-0.05, 0) is 56.0 Å². The second kappa shape index (κ2) is 10.9. The lowest BCUT2D eigenvalue weighted by Gasteiger charge is -2.35. The van der Waals surface area contributed by atoms with Crippen molar-refractivity contribution in [3.63, 3.8) is 0 Å². The smallest absolute Gasteiger partial charge is 0.248 e. The van der Waals surface area contributed by atoms with E-state index in [1.165, 1.54) is 12.0 Å². The van der Waals surface area contributed by atoms with Crippen LogP contribution in [0.25, 0.3) is 0 Å². The molecule has 6 nitrogen and oxygen atoms in total. The number of carbonyl (C=O) groups is 2. The summed E-state index contributed by atoms with van der Waals surface area (Å²) < 4.78 is 0. The molecule has 6 heteroatoms. The Labute approximate surface area is 198 Å². The van der Waals surface area contributed by atoms with Crippen molar-refractivity contribution in [3.8, 4) is 0 Å². The number of hydrogen-bond donors (Lipinski definition) is 2. The molecule has 0 aliphatic heterocycles. The molecular weight excluding hydrogens is 412 g/mol. The highest BCUT2D eigenvalue weighted by molar-refractivity contribution is 6.03. The van der Waals surface area contributed by atoms with E-state index in [4.69, 9.17) is 0 Å². The van der Waals surface area contributed by atoms with Crippen LogP contribution >= 0.6 is 0 Å². The van der Waals surface area contributed by atoms with E-state index >= 15 is 0 Å². The van der Waals surface area contributed by atoms with Gasteiger partial charge in [-0.1, -0.05) is 58.2 Å². The van der Waals surface area contributed by atoms with Gasteiger partial charge in [0.2, 0.25) is 11.8 Å². The third kappa shape index (κ3) is 6.20. The highest BCUT2D eigenvalue weighted by Gasteiger charge is 2.36. The number of likely N-dealkylation sites (N-methyl/N-ethyl adjacent to an activating group) is 1. The molecule has 1 aromatic heterocycles. The first kappa shape index (κ1) is 24.9. The molecule has 1 aliphatic rings. The summed E-state index contributed by atoms with van der Waals surface area (Å²) in [6.07, 6.45) is 8.77. The number of amides is 2. The van der Waals surface area contributed by atoms with Gasteiger partial charge in [0.25, 0.3) is 0 Å². The zero-order valence-electron chi connectivity index (χ0n) is 20.6. The minimum Gasteiger partial charge on any atom is -0.351 e. The molecule has 1 saturated carbocycles. The largest absolute Gasteiger partial charge is 0.351 e. The number of hydrogen-bond acceptors (Lipinski definition) is 4. The molecule has 0 spiro atoms. The molecule has 1 aliphatic carbocycles. The van der Waals surface area contributed by atoms with Gasteiger partial charge in [-0.2, -0.15) is 0 Å². The van der Waals surface area contributed by atoms with E-state index in [0.29, 0.717) is 11.3 Å². The van der Waals surface area contributed by atoms with Crippen LogP contribution in [0.15, 0.2) is 48.8 Å². The van der Waals surface area contributed by atoms with Crippen LogP contribution in [-0.4, -0.2) is 35.9 Å². The molecule has 2 aromatic rings. The minimum absolute atomic E-state index is 0.00720. The molecule has 1 fully saturated rings. The summed E-state index contributed by atoms with van der Waals surface area (Å²) >= 11 is 0. The van der Waals surface area contributed by atoms with Gasteiger partial charge in [0.1, 0.15) is 6.04 Å². The highest BCUT2D eigenvalue weighted by atomic mass is 16.2. The number of aromatic nitrogens is 1. The molecule has 1 heterocycles. The van der Waals surface area contributed by atoms with E-state index in [2.05, 4.69) is 36.4 Å². The Hall–Kier alpha value is -2.73. The number of pyridine rings is 1. The fraction of sp³-hybridized carbons (Fsp3) is 0.519. The standard InChI is InChI=1S/C27H38N4O2/c1-19(28-5)26(33)31(23-15-13-21(14-16-23)27(2,3)4)24(20-10-9-17-29-18-20)25(32)30-22-11-7-6-8-12-22/h9-10,13-19,22,24,28H,6-8,11-12H2,1-5H3,(H,30,32). The Balaban J connectivity index is 2.04. The van der Waals surface area contributed by atoms with Crippen molar-refractivity contribution < 1.29 is 9.59 Å². The maximum atomic E-state index is 13.7. The van der Waals surface area contributed by atoms with Gasteiger partial charge in [-0.3, -0.25) is 19.5 Å². The second-order valence-corrected chi connectivity index (χ2v) is 10.0. The molecule has 2 unspecified atom stereocenters. The SMILES string of the molecule is CNC(C)C(=O)N(c1ccc(C(C)(C)C)cc1)C(C(=O)NC1CCCCC1)c1cccnc1. The van der Waals surface area contributed by atoms with Crippen molar-refractivity contribution in [2.75, 3.05) is 11.9 Å². The van der Waals surface area contributed by atoms with Crippen LogP contribution in [0.3, 0.4) is 0 Å². The van der Waals surface area contributed by atoms with E-state index in [-0.39, 0.29) is 23.3 Å². The number of nitrogens with one attached hydrogen (secondary N) is 2. The second-order valence-electron chi connectivity index (χ2n) is 10.0. The predicted octanol–water partition coefficient (Wildman–Crippen LogP) is 4.51. The van der Waals surface area contributed by atoms with E-state index in [0.717, 1.165) is 25.7 Å². The topological polar surface area (TPSA) is 74.3 Å². The Morgan fingerprint density at radius 3 is 2.27 bits per heavy atom. The minimum atomic E-state index is -0.801. The lowest BCUT2D eigenvalue weighted by Crippen LogP contribution is -2.51. The third-order valence-electron chi connectivity index (χ3n) is 6.51. The van der Waals surface area contributed by atoms with Crippen LogP contribution in [0, 0.1) is 0 Å². The number of rotatable bonds is 7. The molecule has 178 valence electrons. The van der Waals surface area contributed by atoms with Crippen LogP contribution in [0.1, 0.15) is 77.0 Å². The lowest BCUT2D eigenvalue weighted by atomic mass is 9.87. The Morgan fingerprint density at radius 2 is 1.73 bits per heavy atom. The zero-order valence-corrected chi connectivity index (χ0v) is 20.6. The van der Waals surface area contributed by atoms with Gasteiger partial charge in [0, 0.05) is 29.7 Å². The number of anilines is 1. The number of carbonyl (C=O) groups excluding carboxylic acids is 2. The van der Waals surface area contributed by atoms with E-state index in [9.17, 15) is 9.59 Å². The predicted molar refractivity (Wildman–Crippen MR) is 133 cm³/mol. The molecule has 2 N–H and O–H groups in total. The highest BCUT2D eigenvalue weighted by Crippen LogP contribution is 2.31. The fourth-order valence-electron chi connectivity index (χ4n) is 4.34. The van der Waals surface area contributed by atoms with Crippen molar-refractivity contribution in [2.45, 2.75) is 83.3 Å². The first-order chi connectivity index (χ1) is 15.7. The third-order valence-corrected chi connectivity index (χ3v) is 6.51. The van der Waals surface area contributed by atoms with Crippen LogP contribution in [-0.2, 0) is 15.0 Å². The van der Waals surface area contributed by atoms with Crippen molar-refractivity contribution in [2.24, 2.45) is 0 Å². The summed E-state index contributed by atoms with van der Waals surface area (Å²) in [5, 5.41) is 6.27. The summed E-state index contributed by atoms with van der Waals surface area (Å²) in [4.78, 5) is 33.2. The fourth-order valence-corrected chi connectivity index (χ4v) is 4.34. The molecule has 0 bridgehead atoms. The number of benzene rings is 1. The quantitative estimate of drug-likeness (QED) is 0.651. The Kier molecular flexibility index (Phi) is 8.25. The zero-order chi connectivity index (χ0) is 24.0. The monoisotopic (exact) mass is 450 g/mol. The maximum Gasteiger partial charge on any atom is 0.248 e. The van der Waals surface area contributed by atoms with Crippen LogP contribution in [0.5, 0.6) is 0 Å². The van der Waals surface area contributed by atoms with E-state index in [1.54, 1.807) is 24.3 Å². The molecule has 2 atom stereocenters. The number of nitrogens with zero attached hydrogens (tertiary/aromatic N) is 2. The van der Waals surface area contributed by atoms with Gasteiger partial charge in [0.05, 0.1) is 6.04 Å². The first-order valence-electron chi connectivity index (χ1n) is 12.0. The van der Waals surface area contributed by atoms with Crippen LogP contribution in [0.2, 0.25) is 0 Å². The van der Waals surface area contributed by atoms with E-state index < -0.39 is 12.1 Å². The van der Waals surface area contributed by atoms with Gasteiger partial charge >= 0.3 is 0 Å². The van der Waals surface area contributed by atoms with Crippen molar-refractivity contribution in [1.29, 1.82) is 0 Å². The van der Waals surface area contributed by atoms with Crippen molar-refractivity contribution >= 4 is 17.5 Å². The summed E-state index contributed by atoms with van der Waals surface area (Å²) in [6, 6.07) is 10.5. The molecular formula is C27H38N4O2. The molecule has 0 saturated heterocycles. The van der Waals surface area contributed by atoms with Gasteiger partial charge in [-0.15, -0.1) is 0 Å². The van der Waals surface area contributed by atoms with Gasteiger partial charge in [0.15, 0.2) is 0 Å². The Bertz CT molecular complexity index is 915.